The van der Waals surface area contributed by atoms with E-state index in [0.29, 0.717) is 17.3 Å². The van der Waals surface area contributed by atoms with Gasteiger partial charge in [0.05, 0.1) is 17.4 Å². The van der Waals surface area contributed by atoms with Gasteiger partial charge in [-0.15, -0.1) is 0 Å². The number of hydrogen-bond acceptors (Lipinski definition) is 2. The lowest BCUT2D eigenvalue weighted by Gasteiger charge is -2.10. The topological polar surface area (TPSA) is 29.9 Å². The summed E-state index contributed by atoms with van der Waals surface area (Å²) in [6, 6.07) is 5.07. The Morgan fingerprint density at radius 1 is 1.35 bits per heavy atom. The first-order chi connectivity index (χ1) is 9.41. The Balaban J connectivity index is 2.40. The first kappa shape index (κ1) is 14.9. The van der Waals surface area contributed by atoms with E-state index in [9.17, 15) is 13.2 Å². The zero-order valence-electron chi connectivity index (χ0n) is 10.7. The van der Waals surface area contributed by atoms with Gasteiger partial charge in [0.25, 0.3) is 0 Å². The molecule has 0 aliphatic carbocycles. The fourth-order valence-corrected chi connectivity index (χ4v) is 1.93. The quantitative estimate of drug-likeness (QED) is 0.934. The van der Waals surface area contributed by atoms with Crippen LogP contribution in [0.1, 0.15) is 18.1 Å². The van der Waals surface area contributed by atoms with Crippen molar-refractivity contribution in [3.05, 3.63) is 46.7 Å². The van der Waals surface area contributed by atoms with E-state index in [4.69, 9.17) is 11.6 Å². The zero-order valence-corrected chi connectivity index (χ0v) is 11.5. The molecule has 2 rings (SSSR count). The molecule has 0 radical (unpaired) electrons. The van der Waals surface area contributed by atoms with Crippen LogP contribution in [-0.4, -0.2) is 16.3 Å². The van der Waals surface area contributed by atoms with Crippen LogP contribution in [0.15, 0.2) is 30.6 Å². The van der Waals surface area contributed by atoms with Gasteiger partial charge < -0.3 is 5.32 Å². The lowest BCUT2D eigenvalue weighted by atomic mass is 10.1. The van der Waals surface area contributed by atoms with E-state index in [1.165, 1.54) is 4.68 Å². The Kier molecular flexibility index (Phi) is 4.35. The van der Waals surface area contributed by atoms with E-state index in [2.05, 4.69) is 10.4 Å². The summed E-state index contributed by atoms with van der Waals surface area (Å²) in [7, 11) is 0. The second kappa shape index (κ2) is 5.85. The number of alkyl halides is 3. The predicted molar refractivity (Wildman–Crippen MR) is 71.0 cm³/mol. The molecule has 0 spiro atoms. The van der Waals surface area contributed by atoms with Crippen LogP contribution in [0.2, 0.25) is 5.02 Å². The van der Waals surface area contributed by atoms with Crippen LogP contribution in [0.3, 0.4) is 0 Å². The number of hydrogen-bond donors (Lipinski definition) is 1. The maximum absolute atomic E-state index is 12.6. The summed E-state index contributed by atoms with van der Waals surface area (Å²) in [5.74, 6) is 0. The van der Waals surface area contributed by atoms with Gasteiger partial charge in [-0.2, -0.15) is 18.3 Å². The van der Waals surface area contributed by atoms with Gasteiger partial charge in [-0.05, 0) is 24.2 Å². The molecule has 0 unspecified atom stereocenters. The van der Waals surface area contributed by atoms with Crippen LogP contribution in [0.5, 0.6) is 0 Å². The minimum absolute atomic E-state index is 0.448. The zero-order chi connectivity index (χ0) is 14.8. The van der Waals surface area contributed by atoms with Crippen molar-refractivity contribution in [3.63, 3.8) is 0 Å². The van der Waals surface area contributed by atoms with Gasteiger partial charge >= 0.3 is 6.18 Å². The van der Waals surface area contributed by atoms with E-state index in [-0.39, 0.29) is 0 Å². The van der Waals surface area contributed by atoms with Crippen molar-refractivity contribution >= 4 is 11.6 Å². The molecule has 7 heteroatoms. The fraction of sp³-hybridized carbons (Fsp3) is 0.308. The average Bonchev–Trinajstić information content (AvgIpc) is 2.86. The van der Waals surface area contributed by atoms with E-state index in [1.807, 2.05) is 6.92 Å². The molecule has 0 fully saturated rings. The molecule has 0 aliphatic rings. The largest absolute Gasteiger partial charge is 0.419 e. The SMILES string of the molecule is CCNCc1ccc(Cl)cc1-n1cc(C(F)(F)F)cn1. The predicted octanol–water partition coefficient (Wildman–Crippen LogP) is 3.65. The summed E-state index contributed by atoms with van der Waals surface area (Å²) in [5.41, 5.74) is 0.578. The van der Waals surface area contributed by atoms with Crippen LogP contribution in [-0.2, 0) is 12.7 Å². The van der Waals surface area contributed by atoms with Gasteiger partial charge in [0.15, 0.2) is 0 Å². The van der Waals surface area contributed by atoms with Crippen LogP contribution >= 0.6 is 11.6 Å². The van der Waals surface area contributed by atoms with E-state index in [0.717, 1.165) is 24.5 Å². The van der Waals surface area contributed by atoms with Crippen LogP contribution in [0.4, 0.5) is 13.2 Å². The van der Waals surface area contributed by atoms with Gasteiger partial charge in [0.2, 0.25) is 0 Å². The van der Waals surface area contributed by atoms with E-state index < -0.39 is 11.7 Å². The van der Waals surface area contributed by atoms with Crippen molar-refractivity contribution in [3.8, 4) is 5.69 Å². The fourth-order valence-electron chi connectivity index (χ4n) is 1.76. The van der Waals surface area contributed by atoms with Gasteiger partial charge in [0.1, 0.15) is 0 Å². The average molecular weight is 304 g/mol. The number of nitrogens with one attached hydrogen (secondary N) is 1. The summed E-state index contributed by atoms with van der Waals surface area (Å²) < 4.78 is 39.0. The monoisotopic (exact) mass is 303 g/mol. The maximum Gasteiger partial charge on any atom is 0.419 e. The minimum atomic E-state index is -4.40. The third-order valence-corrected chi connectivity index (χ3v) is 3.00. The molecule has 0 atom stereocenters. The highest BCUT2D eigenvalue weighted by molar-refractivity contribution is 6.30. The standard InChI is InChI=1S/C13H13ClF3N3/c1-2-18-6-9-3-4-11(14)5-12(9)20-8-10(7-19-20)13(15,16)17/h3-5,7-8,18H,2,6H2,1H3. The maximum atomic E-state index is 12.6. The number of benzene rings is 1. The van der Waals surface area contributed by atoms with Crippen molar-refractivity contribution in [1.82, 2.24) is 15.1 Å². The Hall–Kier alpha value is -1.53. The first-order valence-electron chi connectivity index (χ1n) is 6.03. The van der Waals surface area contributed by atoms with Crippen LogP contribution in [0.25, 0.3) is 5.69 Å². The molecule has 0 saturated carbocycles. The number of halogens is 4. The smallest absolute Gasteiger partial charge is 0.313 e. The summed E-state index contributed by atoms with van der Waals surface area (Å²) >= 11 is 5.91. The summed E-state index contributed by atoms with van der Waals surface area (Å²) in [4.78, 5) is 0. The molecule has 20 heavy (non-hydrogen) atoms. The first-order valence-corrected chi connectivity index (χ1v) is 6.41. The molecule has 108 valence electrons. The molecule has 0 bridgehead atoms. The van der Waals surface area contributed by atoms with Gasteiger partial charge in [-0.25, -0.2) is 4.68 Å². The molecular formula is C13H13ClF3N3. The summed E-state index contributed by atoms with van der Waals surface area (Å²) in [5, 5.41) is 7.35. The van der Waals surface area contributed by atoms with Crippen molar-refractivity contribution in [2.24, 2.45) is 0 Å². The Bertz CT molecular complexity index is 593. The van der Waals surface area contributed by atoms with E-state index >= 15 is 0 Å². The molecule has 1 N–H and O–H groups in total. The van der Waals surface area contributed by atoms with Gasteiger partial charge in [-0.1, -0.05) is 24.6 Å². The molecule has 2 aromatic rings. The Morgan fingerprint density at radius 2 is 2.10 bits per heavy atom. The van der Waals surface area contributed by atoms with Gasteiger partial charge in [0, 0.05) is 17.8 Å². The second-order valence-electron chi connectivity index (χ2n) is 4.22. The van der Waals surface area contributed by atoms with Crippen molar-refractivity contribution in [2.45, 2.75) is 19.6 Å². The Labute approximate surface area is 119 Å². The minimum Gasteiger partial charge on any atom is -0.313 e. The summed E-state index contributed by atoms with van der Waals surface area (Å²) in [6.45, 7) is 3.24. The third-order valence-electron chi connectivity index (χ3n) is 2.77. The second-order valence-corrected chi connectivity index (χ2v) is 4.66. The van der Waals surface area contributed by atoms with Crippen LogP contribution < -0.4 is 5.32 Å². The molecular weight excluding hydrogens is 291 g/mol. The summed E-state index contributed by atoms with van der Waals surface area (Å²) in [6.07, 6.45) is -2.64. The molecule has 0 aliphatic heterocycles. The van der Waals surface area contributed by atoms with Crippen molar-refractivity contribution in [1.29, 1.82) is 0 Å². The third kappa shape index (κ3) is 3.32. The number of rotatable bonds is 4. The molecule has 1 aromatic heterocycles. The lowest BCUT2D eigenvalue weighted by molar-refractivity contribution is -0.137. The molecule has 0 saturated heterocycles. The Morgan fingerprint density at radius 3 is 2.70 bits per heavy atom. The van der Waals surface area contributed by atoms with E-state index in [1.54, 1.807) is 18.2 Å². The van der Waals surface area contributed by atoms with Gasteiger partial charge in [-0.3, -0.25) is 0 Å². The lowest BCUT2D eigenvalue weighted by Crippen LogP contribution is -2.14. The molecule has 0 amide bonds. The highest BCUT2D eigenvalue weighted by Gasteiger charge is 2.32. The highest BCUT2D eigenvalue weighted by Crippen LogP contribution is 2.30. The van der Waals surface area contributed by atoms with Crippen molar-refractivity contribution in [2.75, 3.05) is 6.54 Å². The molecule has 1 heterocycles. The van der Waals surface area contributed by atoms with Crippen LogP contribution in [0, 0.1) is 0 Å². The normalized spacial score (nSPS) is 11.8. The molecule has 3 nitrogen and oxygen atoms in total. The number of aromatic nitrogens is 2. The molecule has 1 aromatic carbocycles. The van der Waals surface area contributed by atoms with Crippen molar-refractivity contribution < 1.29 is 13.2 Å². The number of nitrogens with zero attached hydrogens (tertiary/aromatic N) is 2. The highest BCUT2D eigenvalue weighted by atomic mass is 35.5.